The topological polar surface area (TPSA) is 61.7 Å². The third-order valence-electron chi connectivity index (χ3n) is 5.63. The van der Waals surface area contributed by atoms with E-state index in [-0.39, 0.29) is 17.1 Å². The second-order valence-electron chi connectivity index (χ2n) is 6.98. The third-order valence-corrected chi connectivity index (χ3v) is 5.63. The number of hydrogen-bond donors (Lipinski definition) is 2. The minimum absolute atomic E-state index is 0.0248. The monoisotopic (exact) mass is 298 g/mol. The van der Waals surface area contributed by atoms with Crippen molar-refractivity contribution in [3.8, 4) is 5.75 Å². The number of amides is 1. The Hall–Kier alpha value is -2.10. The Kier molecular flexibility index (Phi) is 3.35. The normalized spacial score (nSPS) is 29.2. The lowest BCUT2D eigenvalue weighted by Crippen LogP contribution is -2.39. The predicted octanol–water partition coefficient (Wildman–Crippen LogP) is 3.22. The molecule has 0 spiro atoms. The van der Waals surface area contributed by atoms with Crippen LogP contribution in [-0.2, 0) is 4.79 Å². The van der Waals surface area contributed by atoms with Crippen LogP contribution in [0, 0.1) is 16.7 Å². The zero-order valence-corrected chi connectivity index (χ0v) is 13.1. The summed E-state index contributed by atoms with van der Waals surface area (Å²) < 4.78 is 0. The Morgan fingerprint density at radius 1 is 1.45 bits per heavy atom. The second kappa shape index (κ2) is 4.97. The lowest BCUT2D eigenvalue weighted by Gasteiger charge is -2.36. The van der Waals surface area contributed by atoms with Crippen LogP contribution in [0.2, 0.25) is 0 Å². The van der Waals surface area contributed by atoms with E-state index in [2.05, 4.69) is 31.0 Å². The molecule has 1 amide bonds. The van der Waals surface area contributed by atoms with Crippen LogP contribution in [0.15, 0.2) is 41.5 Å². The van der Waals surface area contributed by atoms with Gasteiger partial charge in [-0.2, -0.15) is 5.10 Å². The maximum absolute atomic E-state index is 12.7. The number of benzene rings is 1. The molecule has 1 aromatic carbocycles. The molecule has 2 saturated carbocycles. The molecule has 116 valence electrons. The van der Waals surface area contributed by atoms with Crippen LogP contribution < -0.4 is 5.43 Å². The highest BCUT2D eigenvalue weighted by molar-refractivity contribution is 5.89. The first kappa shape index (κ1) is 14.8. The molecule has 4 nitrogen and oxygen atoms in total. The molecule has 2 N–H and O–H groups in total. The minimum Gasteiger partial charge on any atom is -0.507 e. The molecule has 0 saturated heterocycles. The summed E-state index contributed by atoms with van der Waals surface area (Å²) in [5.74, 6) is 0.608. The molecule has 2 aliphatic carbocycles. The van der Waals surface area contributed by atoms with Crippen LogP contribution in [0.1, 0.15) is 38.7 Å². The van der Waals surface area contributed by atoms with Gasteiger partial charge >= 0.3 is 0 Å². The SMILES string of the molecule is C=C1C(C)(C)[C@H]2CC[C@@]1(C(=O)N/N=C\c1ccccc1O)C2. The third kappa shape index (κ3) is 2.05. The predicted molar refractivity (Wildman–Crippen MR) is 86.5 cm³/mol. The van der Waals surface area contributed by atoms with Crippen LogP contribution in [0.3, 0.4) is 0 Å². The van der Waals surface area contributed by atoms with Crippen molar-refractivity contribution in [1.29, 1.82) is 0 Å². The van der Waals surface area contributed by atoms with E-state index >= 15 is 0 Å². The van der Waals surface area contributed by atoms with Crippen molar-refractivity contribution < 1.29 is 9.90 Å². The molecule has 0 unspecified atom stereocenters. The van der Waals surface area contributed by atoms with Crippen LogP contribution in [-0.4, -0.2) is 17.2 Å². The summed E-state index contributed by atoms with van der Waals surface area (Å²) in [5.41, 5.74) is 3.81. The van der Waals surface area contributed by atoms with Gasteiger partial charge in [0.25, 0.3) is 0 Å². The van der Waals surface area contributed by atoms with Crippen molar-refractivity contribution in [2.45, 2.75) is 33.1 Å². The number of carbonyl (C=O) groups excluding carboxylic acids is 1. The lowest BCUT2D eigenvalue weighted by atomic mass is 9.68. The molecular formula is C18H22N2O2. The fourth-order valence-electron chi connectivity index (χ4n) is 4.01. The van der Waals surface area contributed by atoms with Crippen molar-refractivity contribution in [2.24, 2.45) is 21.8 Å². The Morgan fingerprint density at radius 2 is 2.18 bits per heavy atom. The van der Waals surface area contributed by atoms with Crippen LogP contribution in [0.4, 0.5) is 0 Å². The van der Waals surface area contributed by atoms with E-state index in [9.17, 15) is 9.90 Å². The van der Waals surface area contributed by atoms with E-state index in [0.717, 1.165) is 24.8 Å². The first-order valence-electron chi connectivity index (χ1n) is 7.69. The second-order valence-corrected chi connectivity index (χ2v) is 6.98. The molecular weight excluding hydrogens is 276 g/mol. The fourth-order valence-corrected chi connectivity index (χ4v) is 4.01. The Labute approximate surface area is 130 Å². The van der Waals surface area contributed by atoms with Crippen LogP contribution in [0.25, 0.3) is 0 Å². The number of phenolic OH excluding ortho intramolecular Hbond substituents is 1. The summed E-state index contributed by atoms with van der Waals surface area (Å²) in [4.78, 5) is 12.7. The van der Waals surface area contributed by atoms with E-state index in [1.54, 1.807) is 18.2 Å². The van der Waals surface area contributed by atoms with Gasteiger partial charge in [-0.25, -0.2) is 5.43 Å². The minimum atomic E-state index is -0.468. The first-order valence-corrected chi connectivity index (χ1v) is 7.69. The highest BCUT2D eigenvalue weighted by Crippen LogP contribution is 2.65. The highest BCUT2D eigenvalue weighted by atomic mass is 16.3. The van der Waals surface area contributed by atoms with Gasteiger partial charge in [0, 0.05) is 5.56 Å². The number of fused-ring (bicyclic) bond motifs is 2. The number of carbonyl (C=O) groups is 1. The van der Waals surface area contributed by atoms with Crippen molar-refractivity contribution in [2.75, 3.05) is 0 Å². The average molecular weight is 298 g/mol. The van der Waals surface area contributed by atoms with Gasteiger partial charge in [-0.15, -0.1) is 0 Å². The number of hydrogen-bond acceptors (Lipinski definition) is 3. The summed E-state index contributed by atoms with van der Waals surface area (Å²) in [6, 6.07) is 6.88. The van der Waals surface area contributed by atoms with Gasteiger partial charge in [0.2, 0.25) is 5.91 Å². The van der Waals surface area contributed by atoms with Gasteiger partial charge in [0.15, 0.2) is 0 Å². The van der Waals surface area contributed by atoms with Gasteiger partial charge in [0.1, 0.15) is 5.75 Å². The molecule has 2 fully saturated rings. The summed E-state index contributed by atoms with van der Waals surface area (Å²) in [6.45, 7) is 8.57. The first-order chi connectivity index (χ1) is 10.4. The molecule has 2 bridgehead atoms. The van der Waals surface area contributed by atoms with Gasteiger partial charge in [-0.3, -0.25) is 4.79 Å². The number of nitrogens with one attached hydrogen (secondary N) is 1. The number of phenols is 1. The van der Waals surface area contributed by atoms with E-state index in [4.69, 9.17) is 0 Å². The summed E-state index contributed by atoms with van der Waals surface area (Å²) in [5, 5.41) is 13.7. The standard InChI is InChI=1S/C18H22N2O2/c1-12-17(2,3)14-8-9-18(12,10-14)16(22)20-19-11-13-6-4-5-7-15(13)21/h4-7,11,14,21H,1,8-10H2,2-3H3,(H,20,22)/b19-11-/t14-,18+/m0/s1. The van der Waals surface area contributed by atoms with Gasteiger partial charge in [0.05, 0.1) is 11.6 Å². The molecule has 0 aliphatic heterocycles. The Morgan fingerprint density at radius 3 is 2.82 bits per heavy atom. The molecule has 4 heteroatoms. The summed E-state index contributed by atoms with van der Waals surface area (Å²) >= 11 is 0. The lowest BCUT2D eigenvalue weighted by molar-refractivity contribution is -0.128. The average Bonchev–Trinajstić information content (AvgIpc) is 3.01. The molecule has 1 aromatic rings. The van der Waals surface area contributed by atoms with Gasteiger partial charge < -0.3 is 5.11 Å². The Balaban J connectivity index is 1.73. The van der Waals surface area contributed by atoms with E-state index in [1.807, 2.05) is 6.07 Å². The van der Waals surface area contributed by atoms with E-state index in [1.165, 1.54) is 6.21 Å². The molecule has 3 rings (SSSR count). The quantitative estimate of drug-likeness (QED) is 0.511. The molecule has 0 radical (unpaired) electrons. The smallest absolute Gasteiger partial charge is 0.250 e. The van der Waals surface area contributed by atoms with Crippen molar-refractivity contribution in [1.82, 2.24) is 5.43 Å². The molecule has 0 heterocycles. The molecule has 0 aromatic heterocycles. The highest BCUT2D eigenvalue weighted by Gasteiger charge is 2.60. The van der Waals surface area contributed by atoms with Crippen LogP contribution in [0.5, 0.6) is 5.75 Å². The maximum atomic E-state index is 12.7. The zero-order chi connectivity index (χ0) is 16.0. The number of aromatic hydroxyl groups is 1. The number of para-hydroxylation sites is 1. The van der Waals surface area contributed by atoms with Crippen molar-refractivity contribution in [3.63, 3.8) is 0 Å². The van der Waals surface area contributed by atoms with Crippen molar-refractivity contribution in [3.05, 3.63) is 42.0 Å². The number of rotatable bonds is 3. The van der Waals surface area contributed by atoms with Crippen molar-refractivity contribution >= 4 is 12.1 Å². The zero-order valence-electron chi connectivity index (χ0n) is 13.1. The Bertz CT molecular complexity index is 663. The maximum Gasteiger partial charge on any atom is 0.250 e. The summed E-state index contributed by atoms with van der Waals surface area (Å²) in [7, 11) is 0. The van der Waals surface area contributed by atoms with Crippen LogP contribution >= 0.6 is 0 Å². The summed E-state index contributed by atoms with van der Waals surface area (Å²) in [6.07, 6.45) is 4.27. The molecule has 2 atom stereocenters. The molecule has 22 heavy (non-hydrogen) atoms. The van der Waals surface area contributed by atoms with E-state index in [0.29, 0.717) is 11.5 Å². The fraction of sp³-hybridized carbons (Fsp3) is 0.444. The number of hydrazone groups is 1. The van der Waals surface area contributed by atoms with Gasteiger partial charge in [-0.1, -0.05) is 38.1 Å². The number of nitrogens with zero attached hydrogens (tertiary/aromatic N) is 1. The largest absolute Gasteiger partial charge is 0.507 e. The van der Waals surface area contributed by atoms with E-state index < -0.39 is 5.41 Å². The molecule has 2 aliphatic rings. The van der Waals surface area contributed by atoms with Gasteiger partial charge in [-0.05, 0) is 42.7 Å².